The second-order valence-electron chi connectivity index (χ2n) is 5.86. The van der Waals surface area contributed by atoms with Gasteiger partial charge in [0.2, 0.25) is 6.79 Å². The molecule has 0 radical (unpaired) electrons. The molecule has 1 heterocycles. The summed E-state index contributed by atoms with van der Waals surface area (Å²) in [6.07, 6.45) is 0. The molecule has 2 aromatic carbocycles. The Morgan fingerprint density at radius 2 is 1.92 bits per heavy atom. The predicted octanol–water partition coefficient (Wildman–Crippen LogP) is 3.12. The molecule has 0 bridgehead atoms. The predicted molar refractivity (Wildman–Crippen MR) is 93.5 cm³/mol. The van der Waals surface area contributed by atoms with Crippen LogP contribution < -0.4 is 20.1 Å². The molecule has 0 saturated carbocycles. The van der Waals surface area contributed by atoms with E-state index in [1.807, 2.05) is 49.4 Å². The first-order chi connectivity index (χ1) is 12.2. The van der Waals surface area contributed by atoms with Crippen LogP contribution >= 0.6 is 0 Å². The van der Waals surface area contributed by atoms with Crippen LogP contribution in [0.15, 0.2) is 42.5 Å². The third-order valence-electron chi connectivity index (χ3n) is 4.10. The van der Waals surface area contributed by atoms with Gasteiger partial charge in [0.1, 0.15) is 0 Å². The number of hydrogen-bond donors (Lipinski definition) is 2. The number of benzene rings is 2. The first-order valence-electron chi connectivity index (χ1n) is 8.17. The maximum absolute atomic E-state index is 12.2. The molecule has 1 aliphatic heterocycles. The van der Waals surface area contributed by atoms with Gasteiger partial charge in [-0.1, -0.05) is 30.3 Å². The molecule has 2 aromatic rings. The van der Waals surface area contributed by atoms with Crippen molar-refractivity contribution in [2.45, 2.75) is 26.1 Å². The van der Waals surface area contributed by atoms with Gasteiger partial charge in [-0.05, 0) is 35.7 Å². The number of nitrogens with one attached hydrogen (secondary N) is 2. The van der Waals surface area contributed by atoms with Gasteiger partial charge in [-0.3, -0.25) is 0 Å². The highest BCUT2D eigenvalue weighted by Crippen LogP contribution is 2.34. The normalized spacial score (nSPS) is 13.4. The van der Waals surface area contributed by atoms with Gasteiger partial charge in [-0.25, -0.2) is 4.79 Å². The van der Waals surface area contributed by atoms with Crippen LogP contribution in [0.5, 0.6) is 11.5 Å². The molecule has 1 aliphatic rings. The molecule has 3 rings (SSSR count). The van der Waals surface area contributed by atoms with Gasteiger partial charge in [0.15, 0.2) is 11.5 Å². The van der Waals surface area contributed by atoms with Crippen molar-refractivity contribution in [3.63, 3.8) is 0 Å². The van der Waals surface area contributed by atoms with Crippen molar-refractivity contribution in [3.05, 3.63) is 59.2 Å². The molecule has 6 heteroatoms. The topological polar surface area (TPSA) is 68.8 Å². The number of carbonyl (C=O) groups excluding carboxylic acids is 1. The van der Waals surface area contributed by atoms with Crippen LogP contribution in [-0.2, 0) is 17.9 Å². The summed E-state index contributed by atoms with van der Waals surface area (Å²) in [5.41, 5.74) is 3.06. The fourth-order valence-corrected chi connectivity index (χ4v) is 2.72. The zero-order valence-corrected chi connectivity index (χ0v) is 14.4. The molecular formula is C19H22N2O4. The Balaban J connectivity index is 1.56. The first-order valence-corrected chi connectivity index (χ1v) is 8.17. The molecule has 0 spiro atoms. The Morgan fingerprint density at radius 1 is 1.16 bits per heavy atom. The summed E-state index contributed by atoms with van der Waals surface area (Å²) in [6.45, 7) is 3.13. The minimum atomic E-state index is -0.225. The minimum absolute atomic E-state index is 0.149. The maximum Gasteiger partial charge on any atom is 0.315 e. The number of methoxy groups -OCH3 is 1. The molecule has 1 atom stereocenters. The molecule has 132 valence electrons. The van der Waals surface area contributed by atoms with E-state index in [0.717, 1.165) is 22.4 Å². The molecule has 0 fully saturated rings. The van der Waals surface area contributed by atoms with E-state index in [2.05, 4.69) is 10.6 Å². The van der Waals surface area contributed by atoms with Gasteiger partial charge in [-0.2, -0.15) is 0 Å². The molecule has 6 nitrogen and oxygen atoms in total. The molecule has 25 heavy (non-hydrogen) atoms. The Hall–Kier alpha value is -2.73. The lowest BCUT2D eigenvalue weighted by atomic mass is 10.1. The van der Waals surface area contributed by atoms with Crippen LogP contribution in [0, 0.1) is 0 Å². The highest BCUT2D eigenvalue weighted by molar-refractivity contribution is 5.74. The molecule has 0 aliphatic carbocycles. The Morgan fingerprint density at radius 3 is 2.72 bits per heavy atom. The van der Waals surface area contributed by atoms with E-state index in [1.54, 1.807) is 7.11 Å². The fraction of sp³-hybridized carbons (Fsp3) is 0.316. The van der Waals surface area contributed by atoms with Crippen molar-refractivity contribution in [2.24, 2.45) is 0 Å². The summed E-state index contributed by atoms with van der Waals surface area (Å²) in [5, 5.41) is 5.82. The fourth-order valence-electron chi connectivity index (χ4n) is 2.72. The van der Waals surface area contributed by atoms with Gasteiger partial charge in [0.05, 0.1) is 12.6 Å². The molecule has 0 aromatic heterocycles. The van der Waals surface area contributed by atoms with E-state index in [9.17, 15) is 4.79 Å². The summed E-state index contributed by atoms with van der Waals surface area (Å²) >= 11 is 0. The number of hydrogen-bond acceptors (Lipinski definition) is 4. The van der Waals surface area contributed by atoms with Gasteiger partial charge < -0.3 is 24.8 Å². The van der Waals surface area contributed by atoms with Gasteiger partial charge in [0.25, 0.3) is 0 Å². The van der Waals surface area contributed by atoms with Crippen molar-refractivity contribution >= 4 is 6.03 Å². The van der Waals surface area contributed by atoms with E-state index in [-0.39, 0.29) is 18.9 Å². The second-order valence-corrected chi connectivity index (χ2v) is 5.86. The van der Waals surface area contributed by atoms with E-state index in [0.29, 0.717) is 18.9 Å². The largest absolute Gasteiger partial charge is 0.454 e. The Kier molecular flexibility index (Phi) is 5.40. The average molecular weight is 342 g/mol. The van der Waals surface area contributed by atoms with E-state index in [1.165, 1.54) is 0 Å². The Bertz CT molecular complexity index is 748. The summed E-state index contributed by atoms with van der Waals surface area (Å²) in [6, 6.07) is 13.2. The average Bonchev–Trinajstić information content (AvgIpc) is 3.09. The lowest BCUT2D eigenvalue weighted by Gasteiger charge is -2.16. The standard InChI is InChI=1S/C19H22N2O4/c1-13(14-7-8-17-18(9-14)25-12-24-17)21-19(22)20-10-15-5-3-4-6-16(15)11-23-2/h3-9,13H,10-12H2,1-2H3,(H2,20,21,22)/t13-/m1/s1. The van der Waals surface area contributed by atoms with Gasteiger partial charge >= 0.3 is 6.03 Å². The van der Waals surface area contributed by atoms with Crippen LogP contribution in [0.3, 0.4) is 0 Å². The van der Waals surface area contributed by atoms with Crippen LogP contribution in [0.4, 0.5) is 4.79 Å². The lowest BCUT2D eigenvalue weighted by Crippen LogP contribution is -2.36. The molecular weight excluding hydrogens is 320 g/mol. The quantitative estimate of drug-likeness (QED) is 0.846. The molecule has 0 saturated heterocycles. The second kappa shape index (κ2) is 7.90. The van der Waals surface area contributed by atoms with Crippen molar-refractivity contribution in [2.75, 3.05) is 13.9 Å². The summed E-state index contributed by atoms with van der Waals surface area (Å²) < 4.78 is 15.9. The van der Waals surface area contributed by atoms with Crippen molar-refractivity contribution < 1.29 is 19.0 Å². The first kappa shape index (κ1) is 17.1. The maximum atomic E-state index is 12.2. The van der Waals surface area contributed by atoms with Crippen LogP contribution in [0.2, 0.25) is 0 Å². The van der Waals surface area contributed by atoms with Crippen LogP contribution in [0.25, 0.3) is 0 Å². The third-order valence-corrected chi connectivity index (χ3v) is 4.10. The van der Waals surface area contributed by atoms with Crippen LogP contribution in [-0.4, -0.2) is 19.9 Å². The minimum Gasteiger partial charge on any atom is -0.454 e. The zero-order valence-electron chi connectivity index (χ0n) is 14.4. The van der Waals surface area contributed by atoms with Gasteiger partial charge in [0, 0.05) is 13.7 Å². The number of rotatable bonds is 6. The number of fused-ring (bicyclic) bond motifs is 1. The number of carbonyl (C=O) groups is 1. The van der Waals surface area contributed by atoms with Crippen molar-refractivity contribution in [3.8, 4) is 11.5 Å². The Labute approximate surface area is 147 Å². The van der Waals surface area contributed by atoms with Crippen LogP contribution in [0.1, 0.15) is 29.7 Å². The highest BCUT2D eigenvalue weighted by Gasteiger charge is 2.16. The van der Waals surface area contributed by atoms with E-state index in [4.69, 9.17) is 14.2 Å². The third kappa shape index (κ3) is 4.22. The zero-order chi connectivity index (χ0) is 17.6. The molecule has 2 amide bonds. The molecule has 0 unspecified atom stereocenters. The van der Waals surface area contributed by atoms with Crippen molar-refractivity contribution in [1.82, 2.24) is 10.6 Å². The monoisotopic (exact) mass is 342 g/mol. The van der Waals surface area contributed by atoms with Gasteiger partial charge in [-0.15, -0.1) is 0 Å². The van der Waals surface area contributed by atoms with E-state index < -0.39 is 0 Å². The number of ether oxygens (including phenoxy) is 3. The number of urea groups is 1. The lowest BCUT2D eigenvalue weighted by molar-refractivity contribution is 0.174. The smallest absolute Gasteiger partial charge is 0.315 e. The summed E-state index contributed by atoms with van der Waals surface area (Å²) in [7, 11) is 1.66. The molecule has 2 N–H and O–H groups in total. The number of amides is 2. The van der Waals surface area contributed by atoms with Crippen molar-refractivity contribution in [1.29, 1.82) is 0 Å². The summed E-state index contributed by atoms with van der Waals surface area (Å²) in [5.74, 6) is 1.44. The highest BCUT2D eigenvalue weighted by atomic mass is 16.7. The summed E-state index contributed by atoms with van der Waals surface area (Å²) in [4.78, 5) is 12.2. The SMILES string of the molecule is COCc1ccccc1CNC(=O)N[C@H](C)c1ccc2c(c1)OCO2. The van der Waals surface area contributed by atoms with E-state index >= 15 is 0 Å².